The van der Waals surface area contributed by atoms with Crippen LogP contribution in [0.4, 0.5) is 0 Å². The molecule has 0 aromatic rings. The summed E-state index contributed by atoms with van der Waals surface area (Å²) >= 11 is 0. The van der Waals surface area contributed by atoms with E-state index in [2.05, 4.69) is 57.2 Å². The highest BCUT2D eigenvalue weighted by Gasteiger charge is 2.19. The molecule has 1 atom stereocenters. The molecule has 0 aliphatic heterocycles. The van der Waals surface area contributed by atoms with Crippen LogP contribution >= 0.6 is 0 Å². The Morgan fingerprint density at radius 1 is 0.270 bits per heavy atom. The number of hydrogen-bond donors (Lipinski definition) is 0. The van der Waals surface area contributed by atoms with E-state index in [-0.39, 0.29) is 31.1 Å². The van der Waals surface area contributed by atoms with Gasteiger partial charge in [-0.3, -0.25) is 14.4 Å². The van der Waals surface area contributed by atoms with Crippen LogP contribution in [-0.2, 0) is 28.6 Å². The molecule has 0 aliphatic carbocycles. The first-order valence-corrected chi connectivity index (χ1v) is 33.0. The molecule has 0 spiro atoms. The van der Waals surface area contributed by atoms with Crippen molar-refractivity contribution in [1.82, 2.24) is 0 Å². The molecule has 434 valence electrons. The Kier molecular flexibility index (Phi) is 61.1. The van der Waals surface area contributed by atoms with Crippen LogP contribution in [0.25, 0.3) is 0 Å². The van der Waals surface area contributed by atoms with Gasteiger partial charge in [-0.05, 0) is 77.0 Å². The van der Waals surface area contributed by atoms with E-state index in [9.17, 15) is 14.4 Å². The third kappa shape index (κ3) is 60.5. The predicted octanol–water partition coefficient (Wildman–Crippen LogP) is 22.4. The third-order valence-corrected chi connectivity index (χ3v) is 14.9. The second-order valence-corrected chi connectivity index (χ2v) is 22.4. The first kappa shape index (κ1) is 71.6. The van der Waals surface area contributed by atoms with Crippen LogP contribution in [0.3, 0.4) is 0 Å². The summed E-state index contributed by atoms with van der Waals surface area (Å²) < 4.78 is 16.9. The van der Waals surface area contributed by atoms with Crippen LogP contribution in [0, 0.1) is 0 Å². The van der Waals surface area contributed by atoms with E-state index in [0.717, 1.165) is 64.2 Å². The van der Waals surface area contributed by atoms with Crippen molar-refractivity contribution in [1.29, 1.82) is 0 Å². The van der Waals surface area contributed by atoms with E-state index >= 15 is 0 Å². The largest absolute Gasteiger partial charge is 0.462 e. The Morgan fingerprint density at radius 2 is 0.486 bits per heavy atom. The van der Waals surface area contributed by atoms with Crippen molar-refractivity contribution in [3.8, 4) is 0 Å². The van der Waals surface area contributed by atoms with Crippen molar-refractivity contribution in [2.45, 2.75) is 367 Å². The number of allylic oxidation sites excluding steroid dienone is 6. The summed E-state index contributed by atoms with van der Waals surface area (Å²) in [4.78, 5) is 38.1. The number of ether oxygens (including phenoxy) is 3. The lowest BCUT2D eigenvalue weighted by atomic mass is 10.0. The Bertz CT molecular complexity index is 1240. The van der Waals surface area contributed by atoms with Crippen molar-refractivity contribution in [2.75, 3.05) is 13.2 Å². The van der Waals surface area contributed by atoms with Gasteiger partial charge in [-0.2, -0.15) is 0 Å². The van der Waals surface area contributed by atoms with Gasteiger partial charge in [-0.15, -0.1) is 0 Å². The van der Waals surface area contributed by atoms with Gasteiger partial charge in [0.2, 0.25) is 0 Å². The summed E-state index contributed by atoms with van der Waals surface area (Å²) in [5.41, 5.74) is 0. The molecule has 0 N–H and O–H groups in total. The van der Waals surface area contributed by atoms with Crippen LogP contribution in [0.1, 0.15) is 361 Å². The van der Waals surface area contributed by atoms with Gasteiger partial charge < -0.3 is 14.2 Å². The van der Waals surface area contributed by atoms with Crippen LogP contribution in [0.2, 0.25) is 0 Å². The molecule has 0 saturated heterocycles. The van der Waals surface area contributed by atoms with E-state index in [1.54, 1.807) is 0 Å². The topological polar surface area (TPSA) is 78.9 Å². The second kappa shape index (κ2) is 63.2. The van der Waals surface area contributed by atoms with Gasteiger partial charge in [-0.25, -0.2) is 0 Å². The van der Waals surface area contributed by atoms with Gasteiger partial charge in [0.1, 0.15) is 13.2 Å². The van der Waals surface area contributed by atoms with E-state index in [0.29, 0.717) is 19.3 Å². The lowest BCUT2D eigenvalue weighted by Gasteiger charge is -2.18. The van der Waals surface area contributed by atoms with Crippen molar-refractivity contribution in [3.63, 3.8) is 0 Å². The Labute approximate surface area is 461 Å². The maximum atomic E-state index is 12.8. The lowest BCUT2D eigenvalue weighted by Crippen LogP contribution is -2.30. The van der Waals surface area contributed by atoms with Gasteiger partial charge in [0, 0.05) is 19.3 Å². The molecule has 0 saturated carbocycles. The maximum absolute atomic E-state index is 12.8. The van der Waals surface area contributed by atoms with Gasteiger partial charge in [0.05, 0.1) is 0 Å². The molecule has 0 fully saturated rings. The van der Waals surface area contributed by atoms with E-state index in [1.807, 2.05) is 0 Å². The average molecular weight is 1040 g/mol. The lowest BCUT2D eigenvalue weighted by molar-refractivity contribution is -0.167. The van der Waals surface area contributed by atoms with Crippen LogP contribution in [0.15, 0.2) is 36.5 Å². The number of unbranched alkanes of at least 4 members (excludes halogenated alkanes) is 44. The third-order valence-electron chi connectivity index (χ3n) is 14.9. The first-order chi connectivity index (χ1) is 36.5. The van der Waals surface area contributed by atoms with Gasteiger partial charge in [0.15, 0.2) is 6.10 Å². The number of rotatable bonds is 61. The van der Waals surface area contributed by atoms with Crippen molar-refractivity contribution >= 4 is 17.9 Å². The average Bonchev–Trinajstić information content (AvgIpc) is 3.40. The Hall–Kier alpha value is -2.37. The smallest absolute Gasteiger partial charge is 0.306 e. The maximum Gasteiger partial charge on any atom is 0.306 e. The molecule has 0 rings (SSSR count). The van der Waals surface area contributed by atoms with Crippen LogP contribution in [0.5, 0.6) is 0 Å². The molecule has 0 amide bonds. The highest BCUT2D eigenvalue weighted by molar-refractivity contribution is 5.71. The zero-order valence-electron chi connectivity index (χ0n) is 49.9. The molecule has 0 aromatic carbocycles. The number of hydrogen-bond acceptors (Lipinski definition) is 6. The predicted molar refractivity (Wildman–Crippen MR) is 321 cm³/mol. The Morgan fingerprint density at radius 3 is 0.757 bits per heavy atom. The van der Waals surface area contributed by atoms with Crippen LogP contribution < -0.4 is 0 Å². The highest BCUT2D eigenvalue weighted by Crippen LogP contribution is 2.18. The summed E-state index contributed by atoms with van der Waals surface area (Å²) in [6.45, 7) is 6.64. The van der Waals surface area contributed by atoms with Crippen LogP contribution in [-0.4, -0.2) is 37.2 Å². The standard InChI is InChI=1S/C68H126O6/c1-4-7-10-13-16-19-21-23-25-27-28-29-30-31-32-33-34-35-36-37-38-39-40-42-43-45-47-49-52-55-58-61-67(70)73-64-65(63-72-66(69)60-57-54-51-18-15-12-9-6-3)74-68(71)62-59-56-53-50-48-46-44-41-26-24-22-20-17-14-11-8-5-2/h21,23-24,26-28,65H,4-20,22,25,29-64H2,1-3H3/b23-21-,26-24-,28-27-. The van der Waals surface area contributed by atoms with E-state index in [1.165, 1.54) is 257 Å². The molecule has 0 bridgehead atoms. The van der Waals surface area contributed by atoms with Crippen molar-refractivity contribution < 1.29 is 28.6 Å². The summed E-state index contributed by atoms with van der Waals surface area (Å²) in [5.74, 6) is -0.856. The molecule has 0 aliphatic rings. The molecule has 0 heterocycles. The van der Waals surface area contributed by atoms with Crippen molar-refractivity contribution in [2.24, 2.45) is 0 Å². The number of carbonyl (C=O) groups excluding carboxylic acids is 3. The van der Waals surface area contributed by atoms with E-state index in [4.69, 9.17) is 14.2 Å². The minimum absolute atomic E-state index is 0.0688. The van der Waals surface area contributed by atoms with Gasteiger partial charge >= 0.3 is 17.9 Å². The fourth-order valence-electron chi connectivity index (χ4n) is 9.88. The monoisotopic (exact) mass is 1040 g/mol. The zero-order valence-corrected chi connectivity index (χ0v) is 49.9. The van der Waals surface area contributed by atoms with Gasteiger partial charge in [0.25, 0.3) is 0 Å². The van der Waals surface area contributed by atoms with E-state index < -0.39 is 6.10 Å². The zero-order chi connectivity index (χ0) is 53.6. The molecular formula is C68H126O6. The SMILES string of the molecule is CCCCCCC/C=C\C/C=C\CCCCCCCCCCCCCCCCCCCCCC(=O)OCC(COC(=O)CCCCCCCCCC)OC(=O)CCCCCCCCC/C=C\CCCCCCCC. The molecule has 0 aromatic heterocycles. The molecule has 6 nitrogen and oxygen atoms in total. The molecular weight excluding hydrogens is 913 g/mol. The number of carbonyl (C=O) groups is 3. The summed E-state index contributed by atoms with van der Waals surface area (Å²) in [6, 6.07) is 0. The number of esters is 3. The molecule has 6 heteroatoms. The highest BCUT2D eigenvalue weighted by atomic mass is 16.6. The summed E-state index contributed by atoms with van der Waals surface area (Å²) in [7, 11) is 0. The minimum Gasteiger partial charge on any atom is -0.462 e. The first-order valence-electron chi connectivity index (χ1n) is 33.0. The molecule has 1 unspecified atom stereocenters. The fraction of sp³-hybridized carbons (Fsp3) is 0.868. The Balaban J connectivity index is 4.03. The quantitative estimate of drug-likeness (QED) is 0.0261. The second-order valence-electron chi connectivity index (χ2n) is 22.4. The van der Waals surface area contributed by atoms with Gasteiger partial charge in [-0.1, -0.05) is 301 Å². The van der Waals surface area contributed by atoms with Crippen molar-refractivity contribution in [3.05, 3.63) is 36.5 Å². The molecule has 0 radical (unpaired) electrons. The normalized spacial score (nSPS) is 12.2. The summed E-state index contributed by atoms with van der Waals surface area (Å²) in [5, 5.41) is 0. The minimum atomic E-state index is -0.769. The summed E-state index contributed by atoms with van der Waals surface area (Å²) in [6.07, 6.45) is 77.6. The fourth-order valence-corrected chi connectivity index (χ4v) is 9.88. The molecule has 74 heavy (non-hydrogen) atoms.